The summed E-state index contributed by atoms with van der Waals surface area (Å²) in [4.78, 5) is 16.3. The molecule has 3 nitrogen and oxygen atoms in total. The molecule has 1 saturated carbocycles. The van der Waals surface area contributed by atoms with E-state index in [1.165, 1.54) is 12.8 Å². The third-order valence-electron chi connectivity index (χ3n) is 3.65. The molecule has 0 bridgehead atoms. The number of pyridine rings is 1. The maximum Gasteiger partial charge on any atom is 0.270 e. The zero-order valence-corrected chi connectivity index (χ0v) is 11.4. The van der Waals surface area contributed by atoms with Gasteiger partial charge in [0.1, 0.15) is 5.69 Å². The number of aromatic nitrogens is 1. The Morgan fingerprint density at radius 3 is 3.00 bits per heavy atom. The molecule has 1 heterocycles. The van der Waals surface area contributed by atoms with Crippen LogP contribution in [0.4, 0.5) is 0 Å². The Bertz CT molecular complexity index is 422. The Morgan fingerprint density at radius 2 is 2.28 bits per heavy atom. The van der Waals surface area contributed by atoms with E-state index in [-0.39, 0.29) is 11.9 Å². The SMILES string of the molecule is Cc1cccnc1C(=O)NC1CCCCC1CCl. The van der Waals surface area contributed by atoms with Crippen LogP contribution < -0.4 is 5.32 Å². The van der Waals surface area contributed by atoms with Gasteiger partial charge >= 0.3 is 0 Å². The molecule has 0 radical (unpaired) electrons. The lowest BCUT2D eigenvalue weighted by Gasteiger charge is -2.30. The van der Waals surface area contributed by atoms with Crippen molar-refractivity contribution in [1.29, 1.82) is 0 Å². The van der Waals surface area contributed by atoms with Crippen molar-refractivity contribution in [2.75, 3.05) is 5.88 Å². The normalized spacial score (nSPS) is 23.7. The van der Waals surface area contributed by atoms with Crippen molar-refractivity contribution in [3.63, 3.8) is 0 Å². The van der Waals surface area contributed by atoms with Crippen LogP contribution in [-0.4, -0.2) is 22.8 Å². The average Bonchev–Trinajstić information content (AvgIpc) is 2.39. The van der Waals surface area contributed by atoms with Crippen molar-refractivity contribution < 1.29 is 4.79 Å². The highest BCUT2D eigenvalue weighted by Gasteiger charge is 2.26. The second-order valence-electron chi connectivity index (χ2n) is 4.95. The first-order valence-corrected chi connectivity index (χ1v) is 7.04. The van der Waals surface area contributed by atoms with Gasteiger partial charge in [-0.2, -0.15) is 0 Å². The van der Waals surface area contributed by atoms with Crippen LogP contribution in [0.1, 0.15) is 41.7 Å². The van der Waals surface area contributed by atoms with E-state index in [1.54, 1.807) is 6.20 Å². The Labute approximate surface area is 113 Å². The minimum absolute atomic E-state index is 0.0740. The van der Waals surface area contributed by atoms with Crippen LogP contribution in [0, 0.1) is 12.8 Å². The van der Waals surface area contributed by atoms with Crippen molar-refractivity contribution in [3.8, 4) is 0 Å². The number of hydrogen-bond acceptors (Lipinski definition) is 2. The lowest BCUT2D eigenvalue weighted by Crippen LogP contribution is -2.43. The topological polar surface area (TPSA) is 42.0 Å². The largest absolute Gasteiger partial charge is 0.348 e. The molecule has 2 unspecified atom stereocenters. The first-order valence-electron chi connectivity index (χ1n) is 6.51. The second kappa shape index (κ2) is 6.19. The first kappa shape index (κ1) is 13.3. The number of halogens is 1. The number of hydrogen-bond donors (Lipinski definition) is 1. The Morgan fingerprint density at radius 1 is 1.50 bits per heavy atom. The van der Waals surface area contributed by atoms with Gasteiger partial charge in [0, 0.05) is 18.1 Å². The predicted octanol–water partition coefficient (Wildman–Crippen LogP) is 2.92. The van der Waals surface area contributed by atoms with Crippen molar-refractivity contribution in [3.05, 3.63) is 29.6 Å². The van der Waals surface area contributed by atoms with E-state index in [4.69, 9.17) is 11.6 Å². The summed E-state index contributed by atoms with van der Waals surface area (Å²) in [5, 5.41) is 3.09. The van der Waals surface area contributed by atoms with E-state index < -0.39 is 0 Å². The molecular weight excluding hydrogens is 248 g/mol. The number of nitrogens with zero attached hydrogens (tertiary/aromatic N) is 1. The maximum absolute atomic E-state index is 12.2. The smallest absolute Gasteiger partial charge is 0.270 e. The van der Waals surface area contributed by atoms with Crippen molar-refractivity contribution >= 4 is 17.5 Å². The van der Waals surface area contributed by atoms with Gasteiger partial charge in [0.05, 0.1) is 0 Å². The minimum Gasteiger partial charge on any atom is -0.348 e. The third kappa shape index (κ3) is 3.02. The molecule has 1 aromatic rings. The zero-order valence-electron chi connectivity index (χ0n) is 10.7. The highest BCUT2D eigenvalue weighted by atomic mass is 35.5. The molecule has 1 N–H and O–H groups in total. The Hall–Kier alpha value is -1.09. The fraction of sp³-hybridized carbons (Fsp3) is 0.571. The lowest BCUT2D eigenvalue weighted by atomic mass is 9.85. The van der Waals surface area contributed by atoms with E-state index in [9.17, 15) is 4.79 Å². The maximum atomic E-state index is 12.2. The van der Waals surface area contributed by atoms with Gasteiger partial charge in [-0.05, 0) is 37.3 Å². The summed E-state index contributed by atoms with van der Waals surface area (Å²) in [5.74, 6) is 0.940. The van der Waals surface area contributed by atoms with Gasteiger partial charge in [-0.15, -0.1) is 11.6 Å². The zero-order chi connectivity index (χ0) is 13.0. The lowest BCUT2D eigenvalue weighted by molar-refractivity contribution is 0.0905. The number of carbonyl (C=O) groups excluding carboxylic acids is 1. The Kier molecular flexibility index (Phi) is 4.59. The molecule has 18 heavy (non-hydrogen) atoms. The molecule has 1 aliphatic carbocycles. The molecule has 1 aromatic heterocycles. The van der Waals surface area contributed by atoms with Crippen LogP contribution in [0.25, 0.3) is 0 Å². The fourth-order valence-corrected chi connectivity index (χ4v) is 2.91. The number of alkyl halides is 1. The van der Waals surface area contributed by atoms with Crippen molar-refractivity contribution in [2.24, 2.45) is 5.92 Å². The van der Waals surface area contributed by atoms with Crippen molar-refractivity contribution in [2.45, 2.75) is 38.6 Å². The summed E-state index contributed by atoms with van der Waals surface area (Å²) in [6.45, 7) is 1.90. The summed E-state index contributed by atoms with van der Waals surface area (Å²) in [6, 6.07) is 3.95. The van der Waals surface area contributed by atoms with Gasteiger partial charge in [0.25, 0.3) is 5.91 Å². The standard InChI is InChI=1S/C14H19ClN2O/c1-10-5-4-8-16-13(10)14(18)17-12-7-3-2-6-11(12)9-15/h4-5,8,11-12H,2-3,6-7,9H2,1H3,(H,17,18). The predicted molar refractivity (Wildman–Crippen MR) is 72.9 cm³/mol. The van der Waals surface area contributed by atoms with E-state index in [0.29, 0.717) is 17.5 Å². The van der Waals surface area contributed by atoms with Gasteiger partial charge in [0.2, 0.25) is 0 Å². The summed E-state index contributed by atoms with van der Waals surface area (Å²) in [6.07, 6.45) is 6.17. The Balaban J connectivity index is 2.04. The second-order valence-corrected chi connectivity index (χ2v) is 5.26. The van der Waals surface area contributed by atoms with E-state index in [0.717, 1.165) is 18.4 Å². The number of amides is 1. The van der Waals surface area contributed by atoms with Crippen LogP contribution in [0.5, 0.6) is 0 Å². The molecule has 4 heteroatoms. The monoisotopic (exact) mass is 266 g/mol. The molecule has 1 aliphatic rings. The van der Waals surface area contributed by atoms with Gasteiger partial charge in [0.15, 0.2) is 0 Å². The first-order chi connectivity index (χ1) is 8.72. The van der Waals surface area contributed by atoms with Crippen LogP contribution in [0.2, 0.25) is 0 Å². The quantitative estimate of drug-likeness (QED) is 0.855. The van der Waals surface area contributed by atoms with Gasteiger partial charge in [-0.3, -0.25) is 9.78 Å². The highest BCUT2D eigenvalue weighted by molar-refractivity contribution is 6.18. The molecule has 2 rings (SSSR count). The molecule has 0 aromatic carbocycles. The summed E-state index contributed by atoms with van der Waals surface area (Å²) < 4.78 is 0. The van der Waals surface area contributed by atoms with Gasteiger partial charge in [-0.1, -0.05) is 18.9 Å². The number of rotatable bonds is 3. The average molecular weight is 267 g/mol. The molecule has 0 saturated heterocycles. The molecule has 1 amide bonds. The number of aryl methyl sites for hydroxylation is 1. The van der Waals surface area contributed by atoms with E-state index in [2.05, 4.69) is 10.3 Å². The molecular formula is C14H19ClN2O. The molecule has 0 spiro atoms. The van der Waals surface area contributed by atoms with Crippen LogP contribution in [0.3, 0.4) is 0 Å². The van der Waals surface area contributed by atoms with Crippen LogP contribution in [-0.2, 0) is 0 Å². The molecule has 98 valence electrons. The number of nitrogens with one attached hydrogen (secondary N) is 1. The minimum atomic E-state index is -0.0740. The highest BCUT2D eigenvalue weighted by Crippen LogP contribution is 2.25. The third-order valence-corrected chi connectivity index (χ3v) is 4.04. The van der Waals surface area contributed by atoms with Crippen molar-refractivity contribution in [1.82, 2.24) is 10.3 Å². The van der Waals surface area contributed by atoms with Crippen LogP contribution >= 0.6 is 11.6 Å². The van der Waals surface area contributed by atoms with Gasteiger partial charge in [-0.25, -0.2) is 0 Å². The van der Waals surface area contributed by atoms with E-state index in [1.807, 2.05) is 19.1 Å². The summed E-state index contributed by atoms with van der Waals surface area (Å²) >= 11 is 5.97. The number of carbonyl (C=O) groups is 1. The fourth-order valence-electron chi connectivity index (χ4n) is 2.54. The van der Waals surface area contributed by atoms with Gasteiger partial charge < -0.3 is 5.32 Å². The van der Waals surface area contributed by atoms with Crippen LogP contribution in [0.15, 0.2) is 18.3 Å². The molecule has 0 aliphatic heterocycles. The summed E-state index contributed by atoms with van der Waals surface area (Å²) in [5.41, 5.74) is 1.43. The molecule has 1 fully saturated rings. The summed E-state index contributed by atoms with van der Waals surface area (Å²) in [7, 11) is 0. The van der Waals surface area contributed by atoms with E-state index >= 15 is 0 Å². The molecule has 2 atom stereocenters.